The van der Waals surface area contributed by atoms with Gasteiger partial charge in [-0.3, -0.25) is 4.79 Å². The number of nitrogens with one attached hydrogen (secondary N) is 1. The Balaban J connectivity index is 1.91. The molecule has 2 heterocycles. The summed E-state index contributed by atoms with van der Waals surface area (Å²) in [6.45, 7) is 9.76. The first kappa shape index (κ1) is 23.7. The summed E-state index contributed by atoms with van der Waals surface area (Å²) in [5, 5.41) is 13.5. The van der Waals surface area contributed by atoms with Crippen LogP contribution in [0, 0.1) is 11.8 Å². The summed E-state index contributed by atoms with van der Waals surface area (Å²) in [6.07, 6.45) is 2.27. The Bertz CT molecular complexity index is 848. The molecule has 1 fully saturated rings. The van der Waals surface area contributed by atoms with Crippen LogP contribution < -0.4 is 5.32 Å². The van der Waals surface area contributed by atoms with Crippen LogP contribution in [0.15, 0.2) is 24.3 Å². The largest absolute Gasteiger partial charge is 0.393 e. The minimum atomic E-state index is -0.392. The van der Waals surface area contributed by atoms with Gasteiger partial charge in [0.15, 0.2) is 5.82 Å². The summed E-state index contributed by atoms with van der Waals surface area (Å²) in [4.78, 5) is 20.6. The molecule has 0 bridgehead atoms. The van der Waals surface area contributed by atoms with Crippen LogP contribution >= 0.6 is 0 Å². The molecular weight excluding hydrogens is 392 g/mol. The lowest BCUT2D eigenvalue weighted by Gasteiger charge is -2.39. The number of unbranched alkanes of at least 4 members (excludes halogenated alkanes) is 1. The summed E-state index contributed by atoms with van der Waals surface area (Å²) >= 11 is 0. The zero-order valence-electron chi connectivity index (χ0n) is 19.4. The summed E-state index contributed by atoms with van der Waals surface area (Å²) < 4.78 is 7.26. The minimum absolute atomic E-state index is 0.0188. The Hall–Kier alpha value is -1.96. The molecule has 7 heteroatoms. The van der Waals surface area contributed by atoms with Crippen LogP contribution in [0.4, 0.5) is 0 Å². The van der Waals surface area contributed by atoms with E-state index in [9.17, 15) is 9.90 Å². The molecule has 0 spiro atoms. The molecule has 0 aliphatic carbocycles. The highest BCUT2D eigenvalue weighted by atomic mass is 16.5. The van der Waals surface area contributed by atoms with Gasteiger partial charge in [0.05, 0.1) is 17.1 Å². The third kappa shape index (κ3) is 5.84. The number of aliphatic hydroxyl groups is 1. The van der Waals surface area contributed by atoms with Gasteiger partial charge in [0.25, 0.3) is 5.91 Å². The summed E-state index contributed by atoms with van der Waals surface area (Å²) in [7, 11) is 1.71. The molecule has 172 valence electrons. The van der Waals surface area contributed by atoms with Gasteiger partial charge in [0.1, 0.15) is 0 Å². The SMILES string of the molecule is COCCCCn1c(C(=O)N(CC(C)C)[C@@H]2CNCC([C@H](C)O)C2)nc2ccccc21. The monoisotopic (exact) mass is 430 g/mol. The molecule has 3 rings (SSSR count). The van der Waals surface area contributed by atoms with Crippen LogP contribution in [-0.4, -0.2) is 71.0 Å². The quantitative estimate of drug-likeness (QED) is 0.567. The number of aryl methyl sites for hydroxylation is 1. The van der Waals surface area contributed by atoms with Crippen molar-refractivity contribution in [3.05, 3.63) is 30.1 Å². The van der Waals surface area contributed by atoms with Gasteiger partial charge in [-0.15, -0.1) is 0 Å². The maximum Gasteiger partial charge on any atom is 0.290 e. The fraction of sp³-hybridized carbons (Fsp3) is 0.667. The van der Waals surface area contributed by atoms with Crippen molar-refractivity contribution < 1.29 is 14.6 Å². The van der Waals surface area contributed by atoms with E-state index < -0.39 is 6.10 Å². The average molecular weight is 431 g/mol. The number of amides is 1. The van der Waals surface area contributed by atoms with E-state index >= 15 is 0 Å². The third-order valence-electron chi connectivity index (χ3n) is 6.13. The average Bonchev–Trinajstić information content (AvgIpc) is 3.13. The molecule has 31 heavy (non-hydrogen) atoms. The minimum Gasteiger partial charge on any atom is -0.393 e. The van der Waals surface area contributed by atoms with Gasteiger partial charge >= 0.3 is 0 Å². The number of carbonyl (C=O) groups excluding carboxylic acids is 1. The normalized spacial score (nSPS) is 20.3. The highest BCUT2D eigenvalue weighted by molar-refractivity contribution is 5.95. The highest BCUT2D eigenvalue weighted by Crippen LogP contribution is 2.24. The number of para-hydroxylation sites is 2. The second-order valence-electron chi connectivity index (χ2n) is 9.18. The molecule has 1 aromatic heterocycles. The van der Waals surface area contributed by atoms with Crippen LogP contribution in [0.1, 0.15) is 50.7 Å². The van der Waals surface area contributed by atoms with Crippen molar-refractivity contribution in [2.24, 2.45) is 11.8 Å². The fourth-order valence-electron chi connectivity index (χ4n) is 4.46. The molecule has 7 nitrogen and oxygen atoms in total. The number of methoxy groups -OCH3 is 1. The van der Waals surface area contributed by atoms with E-state index in [4.69, 9.17) is 9.72 Å². The lowest BCUT2D eigenvalue weighted by Crippen LogP contribution is -2.54. The maximum absolute atomic E-state index is 13.9. The van der Waals surface area contributed by atoms with E-state index in [0.717, 1.165) is 49.9 Å². The van der Waals surface area contributed by atoms with Crippen molar-refractivity contribution in [1.29, 1.82) is 0 Å². The lowest BCUT2D eigenvalue weighted by molar-refractivity contribution is 0.0435. The van der Waals surface area contributed by atoms with Gasteiger partial charge < -0.3 is 24.6 Å². The molecule has 1 unspecified atom stereocenters. The summed E-state index contributed by atoms with van der Waals surface area (Å²) in [5.74, 6) is 0.984. The summed E-state index contributed by atoms with van der Waals surface area (Å²) in [5.41, 5.74) is 1.85. The number of hydrogen-bond donors (Lipinski definition) is 2. The first-order chi connectivity index (χ1) is 14.9. The van der Waals surface area contributed by atoms with Crippen molar-refractivity contribution in [2.45, 2.75) is 58.7 Å². The molecular formula is C24H38N4O3. The van der Waals surface area contributed by atoms with Crippen molar-refractivity contribution in [3.8, 4) is 0 Å². The second-order valence-corrected chi connectivity index (χ2v) is 9.18. The predicted molar refractivity (Wildman–Crippen MR) is 123 cm³/mol. The van der Waals surface area contributed by atoms with Crippen molar-refractivity contribution >= 4 is 16.9 Å². The molecule has 2 aromatic rings. The Morgan fingerprint density at radius 2 is 2.06 bits per heavy atom. The Kier molecular flexibility index (Phi) is 8.46. The van der Waals surface area contributed by atoms with Crippen LogP contribution in [0.2, 0.25) is 0 Å². The molecule has 1 aliphatic heterocycles. The van der Waals surface area contributed by atoms with Crippen molar-refractivity contribution in [3.63, 3.8) is 0 Å². The number of aliphatic hydroxyl groups excluding tert-OH is 1. The zero-order valence-corrected chi connectivity index (χ0v) is 19.4. The molecule has 1 amide bonds. The van der Waals surface area contributed by atoms with Gasteiger partial charge in [-0.25, -0.2) is 4.98 Å². The van der Waals surface area contributed by atoms with E-state index in [-0.39, 0.29) is 17.9 Å². The van der Waals surface area contributed by atoms with Crippen LogP contribution in [0.25, 0.3) is 11.0 Å². The number of aromatic nitrogens is 2. The number of imidazole rings is 1. The fourth-order valence-corrected chi connectivity index (χ4v) is 4.46. The van der Waals surface area contributed by atoms with E-state index in [1.807, 2.05) is 36.1 Å². The number of fused-ring (bicyclic) bond motifs is 1. The van der Waals surface area contributed by atoms with E-state index in [0.29, 0.717) is 24.9 Å². The van der Waals surface area contributed by atoms with Gasteiger partial charge in [-0.05, 0) is 50.2 Å². The predicted octanol–water partition coefficient (Wildman–Crippen LogP) is 2.92. The summed E-state index contributed by atoms with van der Waals surface area (Å²) in [6, 6.07) is 8.01. The Labute approximate surface area is 185 Å². The van der Waals surface area contributed by atoms with E-state index in [1.54, 1.807) is 7.11 Å². The molecule has 0 radical (unpaired) electrons. The number of hydrogen-bond acceptors (Lipinski definition) is 5. The van der Waals surface area contributed by atoms with Crippen LogP contribution in [-0.2, 0) is 11.3 Å². The smallest absolute Gasteiger partial charge is 0.290 e. The zero-order chi connectivity index (χ0) is 22.4. The van der Waals surface area contributed by atoms with Crippen LogP contribution in [0.5, 0.6) is 0 Å². The van der Waals surface area contributed by atoms with Crippen LogP contribution in [0.3, 0.4) is 0 Å². The number of rotatable bonds is 10. The van der Waals surface area contributed by atoms with E-state index in [2.05, 4.69) is 23.7 Å². The van der Waals surface area contributed by atoms with Crippen molar-refractivity contribution in [2.75, 3.05) is 33.4 Å². The number of piperidine rings is 1. The molecule has 2 N–H and O–H groups in total. The topological polar surface area (TPSA) is 79.6 Å². The van der Waals surface area contributed by atoms with E-state index in [1.165, 1.54) is 0 Å². The highest BCUT2D eigenvalue weighted by Gasteiger charge is 2.34. The van der Waals surface area contributed by atoms with Gasteiger partial charge in [-0.2, -0.15) is 0 Å². The maximum atomic E-state index is 13.9. The molecule has 0 saturated carbocycles. The van der Waals surface area contributed by atoms with Gasteiger partial charge in [0.2, 0.25) is 0 Å². The number of carbonyl (C=O) groups is 1. The Morgan fingerprint density at radius 1 is 1.29 bits per heavy atom. The van der Waals surface area contributed by atoms with Gasteiger partial charge in [-0.1, -0.05) is 26.0 Å². The second kappa shape index (κ2) is 11.1. The molecule has 3 atom stereocenters. The first-order valence-corrected chi connectivity index (χ1v) is 11.6. The number of ether oxygens (including phenoxy) is 1. The molecule has 1 aromatic carbocycles. The van der Waals surface area contributed by atoms with Gasteiger partial charge in [0, 0.05) is 45.9 Å². The number of benzene rings is 1. The third-order valence-corrected chi connectivity index (χ3v) is 6.13. The molecule has 1 aliphatic rings. The first-order valence-electron chi connectivity index (χ1n) is 11.6. The lowest BCUT2D eigenvalue weighted by atomic mass is 9.90. The number of nitrogens with zero attached hydrogens (tertiary/aromatic N) is 3. The molecule has 1 saturated heterocycles. The van der Waals surface area contributed by atoms with Crippen molar-refractivity contribution in [1.82, 2.24) is 19.8 Å². The Morgan fingerprint density at radius 3 is 2.77 bits per heavy atom. The standard InChI is InChI=1S/C24H38N4O3/c1-17(2)16-28(20-13-19(18(3)29)14-25-15-20)24(30)23-26-21-9-5-6-10-22(21)27(23)11-7-8-12-31-4/h5-6,9-10,17-20,25,29H,7-8,11-16H2,1-4H3/t18-,19?,20-/m0/s1.